The van der Waals surface area contributed by atoms with Gasteiger partial charge in [-0.25, -0.2) is 0 Å². The van der Waals surface area contributed by atoms with Gasteiger partial charge in [0, 0.05) is 10.4 Å². The van der Waals surface area contributed by atoms with Gasteiger partial charge in [0.05, 0.1) is 0 Å². The van der Waals surface area contributed by atoms with Crippen molar-refractivity contribution in [3.63, 3.8) is 0 Å². The molecule has 1 nitrogen and oxygen atoms in total. The van der Waals surface area contributed by atoms with Crippen LogP contribution < -0.4 is 5.32 Å². The molecule has 1 saturated heterocycles. The summed E-state index contributed by atoms with van der Waals surface area (Å²) in [6, 6.07) is 2.34. The molecule has 2 heterocycles. The van der Waals surface area contributed by atoms with Crippen LogP contribution in [0.15, 0.2) is 11.4 Å². The lowest BCUT2D eigenvalue weighted by Crippen LogP contribution is -2.38. The maximum Gasteiger partial charge on any atom is 0.0414 e. The van der Waals surface area contributed by atoms with Crippen LogP contribution >= 0.6 is 11.3 Å². The van der Waals surface area contributed by atoms with Gasteiger partial charge in [0.15, 0.2) is 0 Å². The Morgan fingerprint density at radius 3 is 2.93 bits per heavy atom. The van der Waals surface area contributed by atoms with Gasteiger partial charge < -0.3 is 5.32 Å². The number of hydrogen-bond acceptors (Lipinski definition) is 2. The van der Waals surface area contributed by atoms with Crippen molar-refractivity contribution in [1.29, 1.82) is 0 Å². The van der Waals surface area contributed by atoms with Gasteiger partial charge in [0.2, 0.25) is 0 Å². The first kappa shape index (κ1) is 10.2. The van der Waals surface area contributed by atoms with Crippen molar-refractivity contribution < 1.29 is 0 Å². The minimum absolute atomic E-state index is 0.237. The quantitative estimate of drug-likeness (QED) is 0.747. The van der Waals surface area contributed by atoms with Crippen LogP contribution in [-0.4, -0.2) is 6.54 Å². The highest BCUT2D eigenvalue weighted by molar-refractivity contribution is 7.10. The van der Waals surface area contributed by atoms with Gasteiger partial charge in [-0.1, -0.05) is 12.8 Å². The number of nitrogens with one attached hydrogen (secondary N) is 1. The van der Waals surface area contributed by atoms with Gasteiger partial charge in [-0.05, 0) is 50.2 Å². The van der Waals surface area contributed by atoms with Gasteiger partial charge in [-0.3, -0.25) is 0 Å². The van der Waals surface area contributed by atoms with E-state index >= 15 is 0 Å². The molecule has 1 fully saturated rings. The van der Waals surface area contributed by atoms with E-state index in [0.29, 0.717) is 0 Å². The minimum Gasteiger partial charge on any atom is -0.308 e. The summed E-state index contributed by atoms with van der Waals surface area (Å²) < 4.78 is 0. The fourth-order valence-electron chi connectivity index (χ4n) is 2.21. The molecule has 0 aliphatic carbocycles. The van der Waals surface area contributed by atoms with Crippen LogP contribution in [0.5, 0.6) is 0 Å². The van der Waals surface area contributed by atoms with Gasteiger partial charge in [-0.15, -0.1) is 11.3 Å². The fraction of sp³-hybridized carbons (Fsp3) is 0.667. The lowest BCUT2D eigenvalue weighted by molar-refractivity contribution is 0.360. The molecule has 0 saturated carbocycles. The number of thiophene rings is 1. The third kappa shape index (κ3) is 2.01. The number of aryl methyl sites for hydroxylation is 1. The summed E-state index contributed by atoms with van der Waals surface area (Å²) in [6.45, 7) is 5.71. The third-order valence-electron chi connectivity index (χ3n) is 3.24. The van der Waals surface area contributed by atoms with Crippen LogP contribution in [0.3, 0.4) is 0 Å². The second-order valence-electron chi connectivity index (χ2n) is 4.52. The van der Waals surface area contributed by atoms with E-state index in [1.54, 1.807) is 0 Å². The van der Waals surface area contributed by atoms with E-state index in [-0.39, 0.29) is 5.54 Å². The molecule has 0 aromatic carbocycles. The largest absolute Gasteiger partial charge is 0.308 e. The first-order valence-corrected chi connectivity index (χ1v) is 6.39. The van der Waals surface area contributed by atoms with E-state index in [4.69, 9.17) is 0 Å². The van der Waals surface area contributed by atoms with Crippen molar-refractivity contribution in [3.05, 3.63) is 21.9 Å². The Kier molecular flexibility index (Phi) is 2.93. The van der Waals surface area contributed by atoms with E-state index in [9.17, 15) is 0 Å². The Hall–Kier alpha value is -0.340. The Morgan fingerprint density at radius 1 is 1.36 bits per heavy atom. The summed E-state index contributed by atoms with van der Waals surface area (Å²) in [6.07, 6.45) is 5.35. The van der Waals surface area contributed by atoms with Crippen molar-refractivity contribution in [1.82, 2.24) is 5.32 Å². The van der Waals surface area contributed by atoms with Crippen LogP contribution in [-0.2, 0) is 5.54 Å². The lowest BCUT2D eigenvalue weighted by Gasteiger charge is -2.28. The van der Waals surface area contributed by atoms with Crippen molar-refractivity contribution in [2.75, 3.05) is 6.54 Å². The van der Waals surface area contributed by atoms with Crippen LogP contribution in [0, 0.1) is 6.92 Å². The minimum atomic E-state index is 0.237. The van der Waals surface area contributed by atoms with E-state index < -0.39 is 0 Å². The van der Waals surface area contributed by atoms with Crippen LogP contribution in [0.25, 0.3) is 0 Å². The molecule has 78 valence electrons. The molecule has 1 aromatic rings. The highest BCUT2D eigenvalue weighted by Gasteiger charge is 2.27. The zero-order chi connectivity index (χ0) is 10.0. The van der Waals surface area contributed by atoms with E-state index in [1.807, 2.05) is 11.3 Å². The van der Waals surface area contributed by atoms with Crippen LogP contribution in [0.4, 0.5) is 0 Å². The molecule has 2 rings (SSSR count). The summed E-state index contributed by atoms with van der Waals surface area (Å²) in [7, 11) is 0. The normalized spacial score (nSPS) is 28.7. The van der Waals surface area contributed by atoms with Gasteiger partial charge in [0.25, 0.3) is 0 Å². The summed E-state index contributed by atoms with van der Waals surface area (Å²) in [5.41, 5.74) is 1.73. The van der Waals surface area contributed by atoms with E-state index in [0.717, 1.165) is 0 Å². The Morgan fingerprint density at radius 2 is 2.21 bits per heavy atom. The summed E-state index contributed by atoms with van der Waals surface area (Å²) in [5.74, 6) is 0. The topological polar surface area (TPSA) is 12.0 Å². The molecule has 1 aliphatic rings. The number of rotatable bonds is 1. The maximum atomic E-state index is 3.69. The average Bonchev–Trinajstić information content (AvgIpc) is 2.47. The van der Waals surface area contributed by atoms with Gasteiger partial charge in [0.1, 0.15) is 0 Å². The Balaban J connectivity index is 2.20. The third-order valence-corrected chi connectivity index (χ3v) is 4.10. The molecule has 0 amide bonds. The highest BCUT2D eigenvalue weighted by Crippen LogP contribution is 2.31. The second-order valence-corrected chi connectivity index (χ2v) is 5.63. The standard InChI is InChI=1S/C12H19NS/c1-10-8-11(9-14-10)12(2)6-4-3-5-7-13-12/h8-9,13H,3-7H2,1-2H3. The predicted molar refractivity (Wildman–Crippen MR) is 62.9 cm³/mol. The van der Waals surface area contributed by atoms with Crippen molar-refractivity contribution >= 4 is 11.3 Å². The first-order valence-electron chi connectivity index (χ1n) is 5.51. The van der Waals surface area contributed by atoms with Gasteiger partial charge >= 0.3 is 0 Å². The summed E-state index contributed by atoms with van der Waals surface area (Å²) >= 11 is 1.86. The predicted octanol–water partition coefficient (Wildman–Crippen LogP) is 3.44. The monoisotopic (exact) mass is 209 g/mol. The summed E-state index contributed by atoms with van der Waals surface area (Å²) in [4.78, 5) is 1.42. The fourth-order valence-corrected chi connectivity index (χ4v) is 3.05. The molecular formula is C12H19NS. The molecule has 1 aromatic heterocycles. The van der Waals surface area contributed by atoms with E-state index in [2.05, 4.69) is 30.6 Å². The molecule has 2 heteroatoms. The SMILES string of the molecule is Cc1cc(C2(C)CCCCCN2)cs1. The Labute approximate surface area is 90.5 Å². The molecule has 14 heavy (non-hydrogen) atoms. The lowest BCUT2D eigenvalue weighted by atomic mass is 9.89. The molecular weight excluding hydrogens is 190 g/mol. The van der Waals surface area contributed by atoms with Crippen LogP contribution in [0.1, 0.15) is 43.0 Å². The first-order chi connectivity index (χ1) is 6.71. The van der Waals surface area contributed by atoms with Gasteiger partial charge in [-0.2, -0.15) is 0 Å². The van der Waals surface area contributed by atoms with Crippen LogP contribution in [0.2, 0.25) is 0 Å². The van der Waals surface area contributed by atoms with Crippen molar-refractivity contribution in [2.45, 2.75) is 45.1 Å². The molecule has 0 radical (unpaired) electrons. The zero-order valence-electron chi connectivity index (χ0n) is 9.10. The molecule has 1 N–H and O–H groups in total. The highest BCUT2D eigenvalue weighted by atomic mass is 32.1. The molecule has 1 atom stereocenters. The van der Waals surface area contributed by atoms with Crippen molar-refractivity contribution in [2.24, 2.45) is 0 Å². The Bertz CT molecular complexity index is 295. The molecule has 1 aliphatic heterocycles. The molecule has 0 spiro atoms. The number of hydrogen-bond donors (Lipinski definition) is 1. The average molecular weight is 209 g/mol. The zero-order valence-corrected chi connectivity index (χ0v) is 9.91. The maximum absolute atomic E-state index is 3.69. The molecule has 1 unspecified atom stereocenters. The van der Waals surface area contributed by atoms with E-state index in [1.165, 1.54) is 42.7 Å². The smallest absolute Gasteiger partial charge is 0.0414 e. The second kappa shape index (κ2) is 4.03. The molecule has 0 bridgehead atoms. The van der Waals surface area contributed by atoms with Crippen molar-refractivity contribution in [3.8, 4) is 0 Å². The summed E-state index contributed by atoms with van der Waals surface area (Å²) in [5, 5.41) is 6.01.